The number of carbonyl (C=O) groups excluding carboxylic acids is 2. The molecule has 1 atom stereocenters. The van der Waals surface area contributed by atoms with Crippen LogP contribution in [0.2, 0.25) is 0 Å². The summed E-state index contributed by atoms with van der Waals surface area (Å²) in [7, 11) is 0. The van der Waals surface area contributed by atoms with Crippen molar-refractivity contribution in [1.29, 1.82) is 0 Å². The number of primary amides is 1. The van der Waals surface area contributed by atoms with Crippen LogP contribution in [0, 0.1) is 5.92 Å². The Morgan fingerprint density at radius 2 is 2.00 bits per heavy atom. The monoisotopic (exact) mass is 266 g/mol. The Bertz CT molecular complexity index is 474. The molecular formula is C13H18N2O4. The molecule has 0 fully saturated rings. The van der Waals surface area contributed by atoms with E-state index in [1.165, 1.54) is 12.1 Å². The van der Waals surface area contributed by atoms with Gasteiger partial charge in [0.05, 0.1) is 18.1 Å². The van der Waals surface area contributed by atoms with Gasteiger partial charge in [-0.1, -0.05) is 6.92 Å². The smallest absolute Gasteiger partial charge is 0.338 e. The van der Waals surface area contributed by atoms with Gasteiger partial charge < -0.3 is 20.9 Å². The van der Waals surface area contributed by atoms with Crippen molar-refractivity contribution in [3.63, 3.8) is 0 Å². The average molecular weight is 266 g/mol. The highest BCUT2D eigenvalue weighted by Crippen LogP contribution is 2.19. The SMILES string of the molecule is CCOc1cc(N)cc(C(=O)OCC(C)C(N)=O)c1. The number of nitrogens with two attached hydrogens (primary N) is 2. The second kappa shape index (κ2) is 6.63. The molecule has 1 rings (SSSR count). The van der Waals surface area contributed by atoms with E-state index in [0.717, 1.165) is 0 Å². The maximum Gasteiger partial charge on any atom is 0.338 e. The largest absolute Gasteiger partial charge is 0.494 e. The summed E-state index contributed by atoms with van der Waals surface area (Å²) >= 11 is 0. The Kier molecular flexibility index (Phi) is 5.17. The first-order valence-corrected chi connectivity index (χ1v) is 5.93. The molecule has 6 heteroatoms. The van der Waals surface area contributed by atoms with Crippen LogP contribution in [-0.2, 0) is 9.53 Å². The molecule has 1 unspecified atom stereocenters. The lowest BCUT2D eigenvalue weighted by Gasteiger charge is -2.10. The van der Waals surface area contributed by atoms with Crippen molar-refractivity contribution in [2.24, 2.45) is 11.7 Å². The predicted molar refractivity (Wildman–Crippen MR) is 70.7 cm³/mol. The Hall–Kier alpha value is -2.24. The lowest BCUT2D eigenvalue weighted by molar-refractivity contribution is -0.122. The number of hydrogen-bond donors (Lipinski definition) is 2. The van der Waals surface area contributed by atoms with Gasteiger partial charge in [0.15, 0.2) is 0 Å². The number of carbonyl (C=O) groups is 2. The first-order chi connectivity index (χ1) is 8.93. The summed E-state index contributed by atoms with van der Waals surface area (Å²) in [6, 6.07) is 4.64. The summed E-state index contributed by atoms with van der Waals surface area (Å²) < 4.78 is 10.3. The summed E-state index contributed by atoms with van der Waals surface area (Å²) in [5.41, 5.74) is 11.4. The summed E-state index contributed by atoms with van der Waals surface area (Å²) in [4.78, 5) is 22.6. The average Bonchev–Trinajstić information content (AvgIpc) is 2.35. The summed E-state index contributed by atoms with van der Waals surface area (Å²) in [6.07, 6.45) is 0. The second-order valence-corrected chi connectivity index (χ2v) is 4.13. The fourth-order valence-electron chi connectivity index (χ4n) is 1.36. The number of amides is 1. The molecule has 0 saturated carbocycles. The van der Waals surface area contributed by atoms with E-state index in [1.54, 1.807) is 13.0 Å². The highest BCUT2D eigenvalue weighted by atomic mass is 16.5. The molecule has 0 aliphatic rings. The Labute approximate surface area is 111 Å². The zero-order chi connectivity index (χ0) is 14.4. The molecule has 4 N–H and O–H groups in total. The first-order valence-electron chi connectivity index (χ1n) is 5.93. The molecule has 1 amide bonds. The van der Waals surface area contributed by atoms with Gasteiger partial charge in [0.2, 0.25) is 5.91 Å². The molecular weight excluding hydrogens is 248 g/mol. The lowest BCUT2D eigenvalue weighted by Crippen LogP contribution is -2.25. The quantitative estimate of drug-likeness (QED) is 0.589. The van der Waals surface area contributed by atoms with Crippen molar-refractivity contribution in [2.45, 2.75) is 13.8 Å². The van der Waals surface area contributed by atoms with Crippen molar-refractivity contribution in [1.82, 2.24) is 0 Å². The van der Waals surface area contributed by atoms with Crippen molar-refractivity contribution >= 4 is 17.6 Å². The maximum absolute atomic E-state index is 11.8. The first kappa shape index (κ1) is 14.8. The minimum Gasteiger partial charge on any atom is -0.494 e. The van der Waals surface area contributed by atoms with Crippen LogP contribution in [0.4, 0.5) is 5.69 Å². The maximum atomic E-state index is 11.8. The lowest BCUT2D eigenvalue weighted by atomic mass is 10.2. The molecule has 19 heavy (non-hydrogen) atoms. The predicted octanol–water partition coefficient (Wildman–Crippen LogP) is 0.946. The number of nitrogen functional groups attached to an aromatic ring is 1. The van der Waals surface area contributed by atoms with Crippen LogP contribution < -0.4 is 16.2 Å². The van der Waals surface area contributed by atoms with E-state index in [9.17, 15) is 9.59 Å². The standard InChI is InChI=1S/C13H18N2O4/c1-3-18-11-5-9(4-10(14)6-11)13(17)19-7-8(2)12(15)16/h4-6,8H,3,7,14H2,1-2H3,(H2,15,16). The highest BCUT2D eigenvalue weighted by molar-refractivity contribution is 5.91. The van der Waals surface area contributed by atoms with Gasteiger partial charge in [-0.15, -0.1) is 0 Å². The number of hydrogen-bond acceptors (Lipinski definition) is 5. The number of rotatable bonds is 6. The topological polar surface area (TPSA) is 105 Å². The van der Waals surface area contributed by atoms with Crippen molar-refractivity contribution in [2.75, 3.05) is 18.9 Å². The third-order valence-corrected chi connectivity index (χ3v) is 2.43. The van der Waals surface area contributed by atoms with Crippen molar-refractivity contribution in [3.05, 3.63) is 23.8 Å². The van der Waals surface area contributed by atoms with Crippen LogP contribution in [0.25, 0.3) is 0 Å². The Morgan fingerprint density at radius 3 is 2.58 bits per heavy atom. The van der Waals surface area contributed by atoms with Gasteiger partial charge in [0, 0.05) is 11.8 Å². The highest BCUT2D eigenvalue weighted by Gasteiger charge is 2.14. The molecule has 0 aliphatic carbocycles. The van der Waals surface area contributed by atoms with E-state index in [4.69, 9.17) is 20.9 Å². The van der Waals surface area contributed by atoms with E-state index in [2.05, 4.69) is 0 Å². The third-order valence-electron chi connectivity index (χ3n) is 2.43. The van der Waals surface area contributed by atoms with Crippen molar-refractivity contribution in [3.8, 4) is 5.75 Å². The van der Waals surface area contributed by atoms with Gasteiger partial charge in [0.25, 0.3) is 0 Å². The molecule has 1 aromatic rings. The van der Waals surface area contributed by atoms with Gasteiger partial charge in [-0.05, 0) is 19.1 Å². The number of ether oxygens (including phenoxy) is 2. The van der Waals surface area contributed by atoms with E-state index >= 15 is 0 Å². The van der Waals surface area contributed by atoms with Crippen molar-refractivity contribution < 1.29 is 19.1 Å². The van der Waals surface area contributed by atoms with Crippen LogP contribution in [-0.4, -0.2) is 25.1 Å². The molecule has 1 aromatic carbocycles. The molecule has 0 saturated heterocycles. The van der Waals surface area contributed by atoms with Crippen LogP contribution in [0.15, 0.2) is 18.2 Å². The Balaban J connectivity index is 2.73. The van der Waals surface area contributed by atoms with E-state index in [1.807, 2.05) is 6.92 Å². The molecule has 0 aliphatic heterocycles. The van der Waals surface area contributed by atoms with Crippen LogP contribution >= 0.6 is 0 Å². The van der Waals surface area contributed by atoms with Gasteiger partial charge in [-0.25, -0.2) is 4.79 Å². The van der Waals surface area contributed by atoms with Crippen LogP contribution in [0.3, 0.4) is 0 Å². The molecule has 0 heterocycles. The normalized spacial score (nSPS) is 11.7. The zero-order valence-corrected chi connectivity index (χ0v) is 11.0. The molecule has 0 aromatic heterocycles. The molecule has 0 spiro atoms. The van der Waals surface area contributed by atoms with E-state index < -0.39 is 17.8 Å². The molecule has 0 bridgehead atoms. The van der Waals surface area contributed by atoms with Gasteiger partial charge in [-0.2, -0.15) is 0 Å². The van der Waals surface area contributed by atoms with Gasteiger partial charge >= 0.3 is 5.97 Å². The van der Waals surface area contributed by atoms with E-state index in [-0.39, 0.29) is 12.2 Å². The summed E-state index contributed by atoms with van der Waals surface area (Å²) in [5.74, 6) is -1.12. The number of esters is 1. The fraction of sp³-hybridized carbons (Fsp3) is 0.385. The summed E-state index contributed by atoms with van der Waals surface area (Å²) in [5, 5.41) is 0. The molecule has 0 radical (unpaired) electrons. The van der Waals surface area contributed by atoms with Gasteiger partial charge in [-0.3, -0.25) is 4.79 Å². The number of benzene rings is 1. The third kappa shape index (κ3) is 4.50. The minimum atomic E-state index is -0.568. The minimum absolute atomic E-state index is 0.0626. The van der Waals surface area contributed by atoms with E-state index in [0.29, 0.717) is 18.0 Å². The van der Waals surface area contributed by atoms with Gasteiger partial charge in [0.1, 0.15) is 12.4 Å². The molecule has 6 nitrogen and oxygen atoms in total. The fourth-order valence-corrected chi connectivity index (χ4v) is 1.36. The van der Waals surface area contributed by atoms with Crippen LogP contribution in [0.1, 0.15) is 24.2 Å². The number of anilines is 1. The Morgan fingerprint density at radius 1 is 1.32 bits per heavy atom. The van der Waals surface area contributed by atoms with Crippen LogP contribution in [0.5, 0.6) is 5.75 Å². The summed E-state index contributed by atoms with van der Waals surface area (Å²) in [6.45, 7) is 3.82. The second-order valence-electron chi connectivity index (χ2n) is 4.13. The molecule has 104 valence electrons. The zero-order valence-electron chi connectivity index (χ0n) is 11.0.